The SMILES string of the molecule is CCCOc1cccc(C2/C(=C(\O)c3ccc(OC)cc3C)C(=O)C(=O)N2c2ccc(OC)cc2)c1. The third-order valence-electron chi connectivity index (χ3n) is 6.13. The number of ether oxygens (including phenoxy) is 3. The Morgan fingerprint density at radius 1 is 0.917 bits per heavy atom. The van der Waals surface area contributed by atoms with E-state index in [4.69, 9.17) is 14.2 Å². The van der Waals surface area contributed by atoms with E-state index < -0.39 is 17.7 Å². The maximum absolute atomic E-state index is 13.4. The fourth-order valence-corrected chi connectivity index (χ4v) is 4.33. The molecule has 36 heavy (non-hydrogen) atoms. The second-order valence-electron chi connectivity index (χ2n) is 8.47. The Kier molecular flexibility index (Phi) is 7.29. The Labute approximate surface area is 210 Å². The molecule has 1 atom stereocenters. The molecular formula is C29H29NO6. The zero-order valence-corrected chi connectivity index (χ0v) is 20.8. The van der Waals surface area contributed by atoms with Crippen LogP contribution >= 0.6 is 0 Å². The largest absolute Gasteiger partial charge is 0.507 e. The number of benzene rings is 3. The molecule has 1 fully saturated rings. The molecular weight excluding hydrogens is 458 g/mol. The van der Waals surface area contributed by atoms with Crippen molar-refractivity contribution >= 4 is 23.1 Å². The number of rotatable bonds is 8. The summed E-state index contributed by atoms with van der Waals surface area (Å²) in [6.45, 7) is 4.36. The van der Waals surface area contributed by atoms with Crippen molar-refractivity contribution in [3.63, 3.8) is 0 Å². The number of aryl methyl sites for hydroxylation is 1. The highest BCUT2D eigenvalue weighted by molar-refractivity contribution is 6.51. The van der Waals surface area contributed by atoms with Crippen LogP contribution < -0.4 is 19.1 Å². The number of ketones is 1. The molecule has 1 N–H and O–H groups in total. The highest BCUT2D eigenvalue weighted by Crippen LogP contribution is 2.43. The maximum Gasteiger partial charge on any atom is 0.300 e. The number of anilines is 1. The van der Waals surface area contributed by atoms with E-state index in [1.165, 1.54) is 4.90 Å². The van der Waals surface area contributed by atoms with Crippen LogP contribution in [0.2, 0.25) is 0 Å². The molecule has 3 aromatic rings. The predicted molar refractivity (Wildman–Crippen MR) is 138 cm³/mol. The third kappa shape index (κ3) is 4.64. The first-order valence-corrected chi connectivity index (χ1v) is 11.7. The van der Waals surface area contributed by atoms with E-state index in [0.29, 0.717) is 46.2 Å². The van der Waals surface area contributed by atoms with Crippen LogP contribution in [0.25, 0.3) is 5.76 Å². The van der Waals surface area contributed by atoms with E-state index in [-0.39, 0.29) is 11.3 Å². The lowest BCUT2D eigenvalue weighted by Gasteiger charge is -2.26. The van der Waals surface area contributed by atoms with Crippen molar-refractivity contribution < 1.29 is 28.9 Å². The zero-order valence-electron chi connectivity index (χ0n) is 20.8. The Bertz CT molecular complexity index is 1310. The smallest absolute Gasteiger partial charge is 0.300 e. The second kappa shape index (κ2) is 10.6. The van der Waals surface area contributed by atoms with Crippen LogP contribution in [0.5, 0.6) is 17.2 Å². The van der Waals surface area contributed by atoms with Crippen molar-refractivity contribution in [3.8, 4) is 17.2 Å². The summed E-state index contributed by atoms with van der Waals surface area (Å²) in [4.78, 5) is 28.2. The first kappa shape index (κ1) is 24.9. The maximum atomic E-state index is 13.4. The van der Waals surface area contributed by atoms with Crippen molar-refractivity contribution in [3.05, 3.63) is 89.0 Å². The molecule has 0 bridgehead atoms. The first-order valence-electron chi connectivity index (χ1n) is 11.7. The highest BCUT2D eigenvalue weighted by atomic mass is 16.5. The summed E-state index contributed by atoms with van der Waals surface area (Å²) in [7, 11) is 3.11. The molecule has 186 valence electrons. The monoisotopic (exact) mass is 487 g/mol. The number of carbonyl (C=O) groups excluding carboxylic acids is 2. The fraction of sp³-hybridized carbons (Fsp3) is 0.241. The van der Waals surface area contributed by atoms with Gasteiger partial charge in [0, 0.05) is 11.3 Å². The van der Waals surface area contributed by atoms with Crippen molar-refractivity contribution in [2.75, 3.05) is 25.7 Å². The molecule has 0 saturated carbocycles. The third-order valence-corrected chi connectivity index (χ3v) is 6.13. The van der Waals surface area contributed by atoms with E-state index in [2.05, 4.69) is 0 Å². The lowest BCUT2D eigenvalue weighted by Crippen LogP contribution is -2.29. The minimum absolute atomic E-state index is 0.0109. The van der Waals surface area contributed by atoms with E-state index in [1.54, 1.807) is 62.8 Å². The fourth-order valence-electron chi connectivity index (χ4n) is 4.33. The summed E-state index contributed by atoms with van der Waals surface area (Å²) in [6.07, 6.45) is 0.839. The van der Waals surface area contributed by atoms with Gasteiger partial charge in [-0.25, -0.2) is 0 Å². The topological polar surface area (TPSA) is 85.3 Å². The lowest BCUT2D eigenvalue weighted by atomic mass is 9.93. The average molecular weight is 488 g/mol. The summed E-state index contributed by atoms with van der Waals surface area (Å²) in [5.74, 6) is 0.140. The Hall–Kier alpha value is -4.26. The molecule has 1 aliphatic rings. The Balaban J connectivity index is 1.91. The van der Waals surface area contributed by atoms with Crippen LogP contribution in [0.4, 0.5) is 5.69 Å². The molecule has 1 amide bonds. The number of amides is 1. The average Bonchev–Trinajstić information content (AvgIpc) is 3.17. The van der Waals surface area contributed by atoms with Gasteiger partial charge in [0.25, 0.3) is 11.7 Å². The van der Waals surface area contributed by atoms with Crippen LogP contribution in [0, 0.1) is 6.92 Å². The molecule has 1 unspecified atom stereocenters. The van der Waals surface area contributed by atoms with Gasteiger partial charge in [-0.15, -0.1) is 0 Å². The number of hydrogen-bond acceptors (Lipinski definition) is 6. The van der Waals surface area contributed by atoms with Gasteiger partial charge in [0.1, 0.15) is 23.0 Å². The second-order valence-corrected chi connectivity index (χ2v) is 8.47. The Morgan fingerprint density at radius 3 is 2.25 bits per heavy atom. The number of aliphatic hydroxyl groups is 1. The predicted octanol–water partition coefficient (Wildman–Crippen LogP) is 5.43. The molecule has 7 nitrogen and oxygen atoms in total. The van der Waals surface area contributed by atoms with Crippen LogP contribution in [-0.2, 0) is 9.59 Å². The molecule has 0 spiro atoms. The van der Waals surface area contributed by atoms with Gasteiger partial charge in [0.15, 0.2) is 0 Å². The van der Waals surface area contributed by atoms with E-state index in [9.17, 15) is 14.7 Å². The number of nitrogens with zero attached hydrogens (tertiary/aromatic N) is 1. The van der Waals surface area contributed by atoms with Gasteiger partial charge < -0.3 is 19.3 Å². The number of Topliss-reactive ketones (excluding diaryl/α,β-unsaturated/α-hetero) is 1. The number of aliphatic hydroxyl groups excluding tert-OH is 1. The van der Waals surface area contributed by atoms with Gasteiger partial charge in [0.2, 0.25) is 0 Å². The van der Waals surface area contributed by atoms with Gasteiger partial charge in [0.05, 0.1) is 32.4 Å². The van der Waals surface area contributed by atoms with E-state index in [1.807, 2.05) is 32.0 Å². The number of hydrogen-bond donors (Lipinski definition) is 1. The molecule has 1 heterocycles. The number of carbonyl (C=O) groups is 2. The zero-order chi connectivity index (χ0) is 25.8. The van der Waals surface area contributed by atoms with E-state index in [0.717, 1.165) is 6.42 Å². The lowest BCUT2D eigenvalue weighted by molar-refractivity contribution is -0.132. The number of methoxy groups -OCH3 is 2. The molecule has 1 aliphatic heterocycles. The molecule has 4 rings (SSSR count). The molecule has 3 aromatic carbocycles. The molecule has 7 heteroatoms. The van der Waals surface area contributed by atoms with Gasteiger partial charge in [-0.05, 0) is 79.1 Å². The summed E-state index contributed by atoms with van der Waals surface area (Å²) >= 11 is 0. The van der Waals surface area contributed by atoms with E-state index >= 15 is 0 Å². The molecule has 0 radical (unpaired) electrons. The summed E-state index contributed by atoms with van der Waals surface area (Å²) in [6, 6.07) is 18.4. The van der Waals surface area contributed by atoms with Crippen LogP contribution in [-0.4, -0.2) is 37.6 Å². The first-order chi connectivity index (χ1) is 17.4. The molecule has 0 aromatic heterocycles. The standard InChI is InChI=1S/C29H29NO6/c1-5-15-36-23-8-6-7-19(17-23)26-25(27(31)24-14-13-22(35-4)16-18(24)2)28(32)29(33)30(26)20-9-11-21(34-3)12-10-20/h6-14,16-17,26,31H,5,15H2,1-4H3/b27-25+. The van der Waals surface area contributed by atoms with Crippen LogP contribution in [0.15, 0.2) is 72.3 Å². The van der Waals surface area contributed by atoms with Gasteiger partial charge in [-0.1, -0.05) is 19.1 Å². The van der Waals surface area contributed by atoms with Crippen molar-refractivity contribution in [1.82, 2.24) is 0 Å². The van der Waals surface area contributed by atoms with Crippen molar-refractivity contribution in [1.29, 1.82) is 0 Å². The highest BCUT2D eigenvalue weighted by Gasteiger charge is 2.47. The normalized spacial score (nSPS) is 16.8. The van der Waals surface area contributed by atoms with Crippen LogP contribution in [0.1, 0.15) is 36.1 Å². The minimum atomic E-state index is -0.856. The quantitative estimate of drug-likeness (QED) is 0.259. The van der Waals surface area contributed by atoms with Gasteiger partial charge >= 0.3 is 0 Å². The summed E-state index contributed by atoms with van der Waals surface area (Å²) in [5.41, 5.74) is 2.32. The van der Waals surface area contributed by atoms with Gasteiger partial charge in [-0.3, -0.25) is 14.5 Å². The Morgan fingerprint density at radius 2 is 1.61 bits per heavy atom. The minimum Gasteiger partial charge on any atom is -0.507 e. The van der Waals surface area contributed by atoms with Crippen molar-refractivity contribution in [2.45, 2.75) is 26.3 Å². The summed E-state index contributed by atoms with van der Waals surface area (Å²) < 4.78 is 16.3. The molecule has 1 saturated heterocycles. The summed E-state index contributed by atoms with van der Waals surface area (Å²) in [5, 5.41) is 11.4. The molecule has 0 aliphatic carbocycles. The van der Waals surface area contributed by atoms with Crippen molar-refractivity contribution in [2.24, 2.45) is 0 Å². The van der Waals surface area contributed by atoms with Gasteiger partial charge in [-0.2, -0.15) is 0 Å². The van der Waals surface area contributed by atoms with Crippen LogP contribution in [0.3, 0.4) is 0 Å².